The summed E-state index contributed by atoms with van der Waals surface area (Å²) in [6, 6.07) is 0. The fourth-order valence-electron chi connectivity index (χ4n) is 3.35. The molecule has 0 amide bonds. The Balaban J connectivity index is 2.22. The summed E-state index contributed by atoms with van der Waals surface area (Å²) in [6.45, 7) is 2.89. The van der Waals surface area contributed by atoms with Crippen LogP contribution in [0.4, 0.5) is 0 Å². The molecule has 2 bridgehead atoms. The third-order valence-electron chi connectivity index (χ3n) is 3.83. The molecule has 2 unspecified atom stereocenters. The molecule has 0 radical (unpaired) electrons. The van der Waals surface area contributed by atoms with Crippen LogP contribution in [0.15, 0.2) is 0 Å². The molecule has 0 aromatic heterocycles. The quantitative estimate of drug-likeness (QED) is 0.701. The number of hydrogen-bond donors (Lipinski definition) is 1. The molecule has 2 rings (SSSR count). The van der Waals surface area contributed by atoms with Crippen LogP contribution < -0.4 is 5.73 Å². The molecule has 1 heterocycles. The third kappa shape index (κ3) is 1.82. The zero-order valence-corrected chi connectivity index (χ0v) is 9.46. The van der Waals surface area contributed by atoms with Crippen LogP contribution in [0.25, 0.3) is 0 Å². The predicted octanol–water partition coefficient (Wildman–Crippen LogP) is 0.652. The summed E-state index contributed by atoms with van der Waals surface area (Å²) in [4.78, 5) is 0. The van der Waals surface area contributed by atoms with Gasteiger partial charge >= 0.3 is 0 Å². The van der Waals surface area contributed by atoms with E-state index in [1.807, 2.05) is 0 Å². The topological polar surface area (TPSA) is 60.2 Å². The van der Waals surface area contributed by atoms with Gasteiger partial charge in [-0.05, 0) is 43.1 Å². The van der Waals surface area contributed by atoms with Gasteiger partial charge in [-0.3, -0.25) is 0 Å². The third-order valence-corrected chi connectivity index (χ3v) is 5.70. The Hall–Kier alpha value is -0.0900. The summed E-state index contributed by atoms with van der Waals surface area (Å²) in [6.07, 6.45) is 2.11. The van der Waals surface area contributed by atoms with Gasteiger partial charge in [0.15, 0.2) is 9.84 Å². The first-order valence-corrected chi connectivity index (χ1v) is 7.24. The van der Waals surface area contributed by atoms with Crippen molar-refractivity contribution in [1.82, 2.24) is 0 Å². The van der Waals surface area contributed by atoms with Crippen molar-refractivity contribution >= 4 is 9.84 Å². The van der Waals surface area contributed by atoms with Gasteiger partial charge in [0.2, 0.25) is 0 Å². The first-order valence-electron chi connectivity index (χ1n) is 5.42. The fraction of sp³-hybridized carbons (Fsp3) is 1.00. The van der Waals surface area contributed by atoms with Crippen molar-refractivity contribution in [2.75, 3.05) is 18.1 Å². The van der Waals surface area contributed by atoms with E-state index in [2.05, 4.69) is 6.92 Å². The lowest BCUT2D eigenvalue weighted by Gasteiger charge is -2.44. The minimum absolute atomic E-state index is 0.340. The maximum absolute atomic E-state index is 11.6. The molecule has 1 saturated carbocycles. The molecule has 1 aliphatic carbocycles. The second-order valence-electron chi connectivity index (χ2n) is 5.07. The van der Waals surface area contributed by atoms with Gasteiger partial charge in [0, 0.05) is 0 Å². The Bertz CT molecular complexity index is 290. The molecular formula is C10H19NO2S. The van der Waals surface area contributed by atoms with Crippen molar-refractivity contribution < 1.29 is 8.42 Å². The average molecular weight is 217 g/mol. The molecule has 0 aromatic rings. The molecule has 2 N–H and O–H groups in total. The summed E-state index contributed by atoms with van der Waals surface area (Å²) < 4.78 is 23.2. The van der Waals surface area contributed by atoms with Crippen LogP contribution >= 0.6 is 0 Å². The minimum atomic E-state index is -2.76. The largest absolute Gasteiger partial charge is 0.330 e. The van der Waals surface area contributed by atoms with Gasteiger partial charge in [0.1, 0.15) is 0 Å². The first-order chi connectivity index (χ1) is 6.52. The number of hydrogen-bond acceptors (Lipinski definition) is 3. The summed E-state index contributed by atoms with van der Waals surface area (Å²) in [5, 5.41) is 0. The highest BCUT2D eigenvalue weighted by Crippen LogP contribution is 2.42. The van der Waals surface area contributed by atoms with E-state index in [1.54, 1.807) is 0 Å². The van der Waals surface area contributed by atoms with Crippen molar-refractivity contribution in [2.45, 2.75) is 19.8 Å². The molecule has 82 valence electrons. The highest BCUT2D eigenvalue weighted by molar-refractivity contribution is 7.91. The van der Waals surface area contributed by atoms with E-state index in [1.165, 1.54) is 0 Å². The lowest BCUT2D eigenvalue weighted by molar-refractivity contribution is 0.135. The van der Waals surface area contributed by atoms with Crippen molar-refractivity contribution in [3.8, 4) is 0 Å². The molecule has 0 spiro atoms. The zero-order chi connectivity index (χ0) is 10.3. The molecule has 4 heteroatoms. The number of nitrogens with two attached hydrogens (primary N) is 1. The summed E-state index contributed by atoms with van der Waals surface area (Å²) in [5.41, 5.74) is 5.73. The number of sulfone groups is 1. The highest BCUT2D eigenvalue weighted by atomic mass is 32.2. The normalized spacial score (nSPS) is 46.1. The van der Waals surface area contributed by atoms with E-state index in [0.29, 0.717) is 41.7 Å². The SMILES string of the molecule is CC1CC2CS(=O)(=O)CC(C1)C2CN. The Kier molecular flexibility index (Phi) is 2.60. The Morgan fingerprint density at radius 1 is 1.21 bits per heavy atom. The van der Waals surface area contributed by atoms with Gasteiger partial charge < -0.3 is 5.73 Å². The van der Waals surface area contributed by atoms with Crippen molar-refractivity contribution in [3.63, 3.8) is 0 Å². The number of fused-ring (bicyclic) bond motifs is 2. The van der Waals surface area contributed by atoms with Gasteiger partial charge in [0.05, 0.1) is 11.5 Å². The van der Waals surface area contributed by atoms with E-state index >= 15 is 0 Å². The van der Waals surface area contributed by atoms with E-state index in [-0.39, 0.29) is 0 Å². The van der Waals surface area contributed by atoms with Gasteiger partial charge in [0.25, 0.3) is 0 Å². The van der Waals surface area contributed by atoms with E-state index in [9.17, 15) is 8.42 Å². The van der Waals surface area contributed by atoms with Crippen molar-refractivity contribution in [1.29, 1.82) is 0 Å². The van der Waals surface area contributed by atoms with E-state index < -0.39 is 9.84 Å². The molecular weight excluding hydrogens is 198 g/mol. The molecule has 2 fully saturated rings. The van der Waals surface area contributed by atoms with Crippen LogP contribution in [0.2, 0.25) is 0 Å². The Labute approximate surface area is 86.0 Å². The van der Waals surface area contributed by atoms with Crippen LogP contribution in [0.1, 0.15) is 19.8 Å². The van der Waals surface area contributed by atoms with Crippen LogP contribution in [0, 0.1) is 23.7 Å². The first kappa shape index (κ1) is 10.4. The van der Waals surface area contributed by atoms with Crippen LogP contribution in [0.3, 0.4) is 0 Å². The molecule has 0 aromatic carbocycles. The summed E-state index contributed by atoms with van der Waals surface area (Å²) >= 11 is 0. The minimum Gasteiger partial charge on any atom is -0.330 e. The monoisotopic (exact) mass is 217 g/mol. The summed E-state index contributed by atoms with van der Waals surface area (Å²) in [5.74, 6) is 2.60. The second-order valence-corrected chi connectivity index (χ2v) is 7.23. The lowest BCUT2D eigenvalue weighted by Crippen LogP contribution is -2.47. The van der Waals surface area contributed by atoms with Gasteiger partial charge in [-0.25, -0.2) is 8.42 Å². The fourth-order valence-corrected chi connectivity index (χ4v) is 5.56. The van der Waals surface area contributed by atoms with Crippen molar-refractivity contribution in [3.05, 3.63) is 0 Å². The predicted molar refractivity (Wildman–Crippen MR) is 56.6 cm³/mol. The van der Waals surface area contributed by atoms with Gasteiger partial charge in [-0.15, -0.1) is 0 Å². The standard InChI is InChI=1S/C10H19NO2S/c1-7-2-8-5-14(12,13)6-9(3-7)10(8)4-11/h7-10H,2-6,11H2,1H3. The van der Waals surface area contributed by atoms with Crippen molar-refractivity contribution in [2.24, 2.45) is 29.4 Å². The summed E-state index contributed by atoms with van der Waals surface area (Å²) in [7, 11) is -2.76. The maximum Gasteiger partial charge on any atom is 0.150 e. The maximum atomic E-state index is 11.6. The van der Waals surface area contributed by atoms with Crippen LogP contribution in [-0.4, -0.2) is 26.5 Å². The zero-order valence-electron chi connectivity index (χ0n) is 8.65. The number of rotatable bonds is 1. The molecule has 1 aliphatic heterocycles. The molecule has 2 aliphatic rings. The Morgan fingerprint density at radius 2 is 1.71 bits per heavy atom. The van der Waals surface area contributed by atoms with Crippen LogP contribution in [0.5, 0.6) is 0 Å². The Morgan fingerprint density at radius 3 is 2.14 bits per heavy atom. The smallest absolute Gasteiger partial charge is 0.150 e. The second kappa shape index (κ2) is 3.49. The van der Waals surface area contributed by atoms with E-state index in [4.69, 9.17) is 5.73 Å². The molecule has 3 nitrogen and oxygen atoms in total. The highest BCUT2D eigenvalue weighted by Gasteiger charge is 2.43. The van der Waals surface area contributed by atoms with E-state index in [0.717, 1.165) is 12.8 Å². The van der Waals surface area contributed by atoms with Gasteiger partial charge in [-0.1, -0.05) is 6.92 Å². The van der Waals surface area contributed by atoms with Gasteiger partial charge in [-0.2, -0.15) is 0 Å². The molecule has 2 atom stereocenters. The molecule has 1 saturated heterocycles. The molecule has 14 heavy (non-hydrogen) atoms. The lowest BCUT2D eigenvalue weighted by atomic mass is 9.69. The van der Waals surface area contributed by atoms with Crippen LogP contribution in [-0.2, 0) is 9.84 Å². The average Bonchev–Trinajstić information content (AvgIpc) is 1.99.